The maximum Gasteiger partial charge on any atom is 0.490 e. The summed E-state index contributed by atoms with van der Waals surface area (Å²) in [4.78, 5) is 8.90. The van der Waals surface area contributed by atoms with Crippen LogP contribution < -0.4 is 5.32 Å². The largest absolute Gasteiger partial charge is 0.490 e. The number of rotatable bonds is 4. The lowest BCUT2D eigenvalue weighted by molar-refractivity contribution is -0.192. The molecule has 1 aliphatic rings. The lowest BCUT2D eigenvalue weighted by Crippen LogP contribution is -2.43. The van der Waals surface area contributed by atoms with Crippen LogP contribution in [0.3, 0.4) is 0 Å². The van der Waals surface area contributed by atoms with Crippen molar-refractivity contribution >= 4 is 34.3 Å². The van der Waals surface area contributed by atoms with E-state index in [0.717, 1.165) is 57.6 Å². The van der Waals surface area contributed by atoms with Gasteiger partial charge in [0.25, 0.3) is 0 Å². The third-order valence-electron chi connectivity index (χ3n) is 6.08. The lowest BCUT2D eigenvalue weighted by Gasteiger charge is -2.27. The Balaban J connectivity index is 0.000000355. The van der Waals surface area contributed by atoms with Gasteiger partial charge in [0.1, 0.15) is 11.5 Å². The van der Waals surface area contributed by atoms with Gasteiger partial charge in [-0.05, 0) is 48.9 Å². The number of carboxylic acids is 1. The summed E-state index contributed by atoms with van der Waals surface area (Å²) in [5.74, 6) is -1.89. The van der Waals surface area contributed by atoms with Crippen LogP contribution in [0.2, 0.25) is 5.02 Å². The van der Waals surface area contributed by atoms with Gasteiger partial charge in [0, 0.05) is 30.9 Å². The van der Waals surface area contributed by atoms with E-state index in [1.54, 1.807) is 0 Å². The Morgan fingerprint density at radius 3 is 2.54 bits per heavy atom. The van der Waals surface area contributed by atoms with Crippen LogP contribution in [-0.2, 0) is 11.3 Å². The SMILES string of the molecule is Cc1nnc2ccc3c(cc(-c4ccn(C5CNC5)n4)n3Cc3cccc(Cl)c3)n12.O=C(O)C(F)(F)F. The molecule has 1 aromatic carbocycles. The number of pyridine rings is 1. The molecule has 0 aliphatic carbocycles. The number of aryl methyl sites for hydroxylation is 1. The number of halogens is 4. The summed E-state index contributed by atoms with van der Waals surface area (Å²) in [5.41, 5.74) is 6.20. The van der Waals surface area contributed by atoms with Crippen LogP contribution in [0, 0.1) is 6.92 Å². The van der Waals surface area contributed by atoms with Gasteiger partial charge in [-0.15, -0.1) is 10.2 Å². The fourth-order valence-electron chi connectivity index (χ4n) is 4.18. The van der Waals surface area contributed by atoms with Crippen LogP contribution in [0.25, 0.3) is 28.1 Å². The molecule has 0 atom stereocenters. The molecule has 0 saturated carbocycles. The number of aliphatic carboxylic acids is 1. The standard InChI is InChI=1S/C22H20ClN7.C2HF3O2/c1-14-25-26-22-6-5-19-21(30(14)22)10-20(18-7-8-29(27-18)17-11-24-12-17)28(19)13-15-3-2-4-16(23)9-15;3-2(4,5)1(6)7/h2-10,17,24H,11-13H2,1H3;(H,6,7). The number of nitrogens with zero attached hydrogens (tertiary/aromatic N) is 6. The van der Waals surface area contributed by atoms with Gasteiger partial charge in [-0.3, -0.25) is 9.08 Å². The van der Waals surface area contributed by atoms with Gasteiger partial charge in [0.05, 0.1) is 22.8 Å². The molecule has 0 amide bonds. The summed E-state index contributed by atoms with van der Waals surface area (Å²) in [6.45, 7) is 4.61. The summed E-state index contributed by atoms with van der Waals surface area (Å²) >= 11 is 6.25. The van der Waals surface area contributed by atoms with Crippen LogP contribution in [0.15, 0.2) is 54.7 Å². The first-order valence-electron chi connectivity index (χ1n) is 11.3. The highest BCUT2D eigenvalue weighted by atomic mass is 35.5. The molecule has 0 bridgehead atoms. The van der Waals surface area contributed by atoms with E-state index >= 15 is 0 Å². The molecule has 0 spiro atoms. The number of carboxylic acid groups (broad SMARTS) is 1. The maximum atomic E-state index is 10.6. The summed E-state index contributed by atoms with van der Waals surface area (Å²) in [7, 11) is 0. The molecule has 0 unspecified atom stereocenters. The molecule has 1 aliphatic heterocycles. The number of alkyl halides is 3. The number of fused-ring (bicyclic) bond motifs is 3. The highest BCUT2D eigenvalue weighted by molar-refractivity contribution is 6.30. The number of carbonyl (C=O) groups is 1. The van der Waals surface area contributed by atoms with Crippen molar-refractivity contribution in [2.45, 2.75) is 25.7 Å². The van der Waals surface area contributed by atoms with Crippen molar-refractivity contribution in [2.24, 2.45) is 0 Å². The minimum absolute atomic E-state index is 0.427. The molecule has 5 heterocycles. The van der Waals surface area contributed by atoms with E-state index in [4.69, 9.17) is 26.6 Å². The molecular weight excluding hydrogens is 511 g/mol. The van der Waals surface area contributed by atoms with Crippen molar-refractivity contribution in [3.8, 4) is 11.4 Å². The summed E-state index contributed by atoms with van der Waals surface area (Å²) < 4.78 is 38.2. The molecule has 5 aromatic rings. The van der Waals surface area contributed by atoms with Gasteiger partial charge in [-0.2, -0.15) is 18.3 Å². The molecule has 0 radical (unpaired) electrons. The third-order valence-corrected chi connectivity index (χ3v) is 6.31. The van der Waals surface area contributed by atoms with Crippen molar-refractivity contribution in [2.75, 3.05) is 13.1 Å². The highest BCUT2D eigenvalue weighted by Crippen LogP contribution is 2.30. The Hall–Kier alpha value is -3.90. The van der Waals surface area contributed by atoms with Gasteiger partial charge in [0.15, 0.2) is 5.65 Å². The minimum Gasteiger partial charge on any atom is -0.475 e. The van der Waals surface area contributed by atoms with Crippen LogP contribution in [0.1, 0.15) is 17.4 Å². The van der Waals surface area contributed by atoms with E-state index < -0.39 is 12.1 Å². The molecular formula is C24H21ClF3N7O2. The van der Waals surface area contributed by atoms with E-state index in [9.17, 15) is 13.2 Å². The van der Waals surface area contributed by atoms with Gasteiger partial charge in [-0.25, -0.2) is 4.79 Å². The summed E-state index contributed by atoms with van der Waals surface area (Å²) in [6.07, 6.45) is -3.01. The predicted molar refractivity (Wildman–Crippen MR) is 131 cm³/mol. The van der Waals surface area contributed by atoms with Crippen molar-refractivity contribution in [3.05, 3.63) is 71.1 Å². The highest BCUT2D eigenvalue weighted by Gasteiger charge is 2.38. The number of aromatic nitrogens is 6. The van der Waals surface area contributed by atoms with E-state index in [0.29, 0.717) is 12.6 Å². The zero-order valence-electron chi connectivity index (χ0n) is 19.4. The van der Waals surface area contributed by atoms with Gasteiger partial charge >= 0.3 is 12.1 Å². The average molecular weight is 532 g/mol. The molecule has 192 valence electrons. The van der Waals surface area contributed by atoms with Crippen LogP contribution in [-0.4, -0.2) is 59.3 Å². The fourth-order valence-corrected chi connectivity index (χ4v) is 4.39. The maximum absolute atomic E-state index is 10.6. The van der Waals surface area contributed by atoms with E-state index in [1.807, 2.05) is 31.2 Å². The lowest BCUT2D eigenvalue weighted by atomic mass is 10.2. The Labute approximate surface area is 213 Å². The quantitative estimate of drug-likeness (QED) is 0.358. The number of hydrogen-bond donors (Lipinski definition) is 2. The van der Waals surface area contributed by atoms with E-state index in [-0.39, 0.29) is 0 Å². The van der Waals surface area contributed by atoms with Crippen molar-refractivity contribution < 1.29 is 23.1 Å². The zero-order chi connectivity index (χ0) is 26.3. The molecule has 37 heavy (non-hydrogen) atoms. The fraction of sp³-hybridized carbons (Fsp3) is 0.250. The average Bonchev–Trinajstić information content (AvgIpc) is 3.50. The summed E-state index contributed by atoms with van der Waals surface area (Å²) in [5, 5.41) is 24.6. The smallest absolute Gasteiger partial charge is 0.475 e. The zero-order valence-corrected chi connectivity index (χ0v) is 20.2. The first-order valence-corrected chi connectivity index (χ1v) is 11.6. The molecule has 4 aromatic heterocycles. The first kappa shape index (κ1) is 24.8. The second kappa shape index (κ2) is 9.52. The molecule has 2 N–H and O–H groups in total. The van der Waals surface area contributed by atoms with Crippen LogP contribution >= 0.6 is 11.6 Å². The van der Waals surface area contributed by atoms with Crippen LogP contribution in [0.5, 0.6) is 0 Å². The molecule has 9 nitrogen and oxygen atoms in total. The van der Waals surface area contributed by atoms with Crippen molar-refractivity contribution in [1.29, 1.82) is 0 Å². The Bertz CT molecular complexity index is 1600. The van der Waals surface area contributed by atoms with Gasteiger partial charge in [0.2, 0.25) is 0 Å². The second-order valence-electron chi connectivity index (χ2n) is 8.59. The Kier molecular flexibility index (Phi) is 6.38. The van der Waals surface area contributed by atoms with E-state index in [2.05, 4.69) is 59.6 Å². The number of hydrogen-bond acceptors (Lipinski definition) is 5. The number of benzene rings is 1. The van der Waals surface area contributed by atoms with Gasteiger partial charge in [-0.1, -0.05) is 23.7 Å². The molecule has 1 fully saturated rings. The second-order valence-corrected chi connectivity index (χ2v) is 9.02. The topological polar surface area (TPSA) is 102 Å². The molecule has 1 saturated heterocycles. The Morgan fingerprint density at radius 2 is 1.89 bits per heavy atom. The third kappa shape index (κ3) is 4.89. The number of nitrogens with one attached hydrogen (secondary N) is 1. The first-order chi connectivity index (χ1) is 17.6. The van der Waals surface area contributed by atoms with Crippen LogP contribution in [0.4, 0.5) is 13.2 Å². The molecule has 6 rings (SSSR count). The normalized spacial score (nSPS) is 14.0. The van der Waals surface area contributed by atoms with Gasteiger partial charge < -0.3 is 15.0 Å². The summed E-state index contributed by atoms with van der Waals surface area (Å²) in [6, 6.07) is 16.8. The van der Waals surface area contributed by atoms with Crippen molar-refractivity contribution in [1.82, 2.24) is 34.3 Å². The monoisotopic (exact) mass is 531 g/mol. The minimum atomic E-state index is -5.08. The Morgan fingerprint density at radius 1 is 1.14 bits per heavy atom. The molecule has 13 heteroatoms. The van der Waals surface area contributed by atoms with Crippen molar-refractivity contribution in [3.63, 3.8) is 0 Å². The predicted octanol–water partition coefficient (Wildman–Crippen LogP) is 4.34. The van der Waals surface area contributed by atoms with E-state index in [1.165, 1.54) is 0 Å².